The summed E-state index contributed by atoms with van der Waals surface area (Å²) in [7, 11) is 0. The van der Waals surface area contributed by atoms with Crippen LogP contribution in [0.2, 0.25) is 0 Å². The van der Waals surface area contributed by atoms with E-state index in [1.54, 1.807) is 0 Å². The van der Waals surface area contributed by atoms with Gasteiger partial charge in [0, 0.05) is 5.56 Å². The zero-order valence-electron chi connectivity index (χ0n) is 9.02. The van der Waals surface area contributed by atoms with Gasteiger partial charge in [-0.2, -0.15) is 0 Å². The number of para-hydroxylation sites is 1. The Morgan fingerprint density at radius 1 is 0.938 bits per heavy atom. The Bertz CT molecular complexity index is 503. The molecule has 0 fully saturated rings. The van der Waals surface area contributed by atoms with Crippen molar-refractivity contribution < 1.29 is 0 Å². The van der Waals surface area contributed by atoms with Crippen LogP contribution >= 0.6 is 11.6 Å². The van der Waals surface area contributed by atoms with Crippen molar-refractivity contribution in [3.05, 3.63) is 65.7 Å². The fourth-order valence-corrected chi connectivity index (χ4v) is 1.79. The van der Waals surface area contributed by atoms with Crippen LogP contribution in [0, 0.1) is 6.92 Å². The minimum absolute atomic E-state index is 0.532. The Morgan fingerprint density at radius 2 is 1.56 bits per heavy atom. The molecule has 0 aliphatic carbocycles. The van der Waals surface area contributed by atoms with Crippen molar-refractivity contribution >= 4 is 22.5 Å². The molecule has 2 aromatic carbocycles. The number of hydrogen-bond acceptors (Lipinski definition) is 1. The second-order valence-corrected chi connectivity index (χ2v) is 3.91. The Kier molecular flexibility index (Phi) is 3.37. The number of rotatable bonds is 2. The lowest BCUT2D eigenvalue weighted by atomic mass is 10.1. The van der Waals surface area contributed by atoms with Crippen LogP contribution in [0.15, 0.2) is 59.6 Å². The highest BCUT2D eigenvalue weighted by atomic mass is 35.5. The van der Waals surface area contributed by atoms with Crippen LogP contribution in [-0.2, 0) is 0 Å². The fraction of sp³-hybridized carbons (Fsp3) is 0.0714. The number of halogens is 1. The van der Waals surface area contributed by atoms with Gasteiger partial charge < -0.3 is 0 Å². The summed E-state index contributed by atoms with van der Waals surface area (Å²) >= 11 is 6.20. The van der Waals surface area contributed by atoms with Crippen LogP contribution in [0.1, 0.15) is 11.1 Å². The summed E-state index contributed by atoms with van der Waals surface area (Å²) < 4.78 is 0. The Morgan fingerprint density at radius 3 is 2.25 bits per heavy atom. The van der Waals surface area contributed by atoms with Gasteiger partial charge in [0.25, 0.3) is 0 Å². The Balaban J connectivity index is 2.36. The molecule has 0 bridgehead atoms. The summed E-state index contributed by atoms with van der Waals surface area (Å²) in [6, 6.07) is 17.7. The van der Waals surface area contributed by atoms with Gasteiger partial charge in [0.05, 0.1) is 5.69 Å². The van der Waals surface area contributed by atoms with Crippen LogP contribution in [0.25, 0.3) is 0 Å². The number of aliphatic imine (C=N–C) groups is 1. The largest absolute Gasteiger partial charge is 0.236 e. The first-order valence-electron chi connectivity index (χ1n) is 5.12. The minimum atomic E-state index is 0.532. The highest BCUT2D eigenvalue weighted by Crippen LogP contribution is 2.17. The molecule has 0 atom stereocenters. The van der Waals surface area contributed by atoms with E-state index < -0.39 is 0 Å². The van der Waals surface area contributed by atoms with Gasteiger partial charge in [0.2, 0.25) is 0 Å². The van der Waals surface area contributed by atoms with Crippen molar-refractivity contribution in [1.29, 1.82) is 0 Å². The highest BCUT2D eigenvalue weighted by molar-refractivity contribution is 6.70. The maximum Gasteiger partial charge on any atom is 0.137 e. The van der Waals surface area contributed by atoms with Gasteiger partial charge in [0.15, 0.2) is 0 Å². The van der Waals surface area contributed by atoms with E-state index in [0.717, 1.165) is 16.8 Å². The normalized spacial score (nSPS) is 11.5. The predicted octanol–water partition coefficient (Wildman–Crippen LogP) is 4.31. The van der Waals surface area contributed by atoms with Gasteiger partial charge in [-0.25, -0.2) is 4.99 Å². The lowest BCUT2D eigenvalue weighted by Gasteiger charge is -2.02. The second-order valence-electron chi connectivity index (χ2n) is 3.55. The molecule has 0 N–H and O–H groups in total. The molecule has 2 heteroatoms. The zero-order chi connectivity index (χ0) is 11.4. The van der Waals surface area contributed by atoms with E-state index in [-0.39, 0.29) is 0 Å². The molecule has 80 valence electrons. The molecule has 0 aliphatic rings. The monoisotopic (exact) mass is 229 g/mol. The lowest BCUT2D eigenvalue weighted by Crippen LogP contribution is -1.93. The van der Waals surface area contributed by atoms with Crippen molar-refractivity contribution in [3.8, 4) is 0 Å². The van der Waals surface area contributed by atoms with Crippen molar-refractivity contribution in [2.45, 2.75) is 6.92 Å². The van der Waals surface area contributed by atoms with Crippen LogP contribution in [0.5, 0.6) is 0 Å². The van der Waals surface area contributed by atoms with Crippen molar-refractivity contribution in [2.24, 2.45) is 4.99 Å². The van der Waals surface area contributed by atoms with Gasteiger partial charge in [-0.05, 0) is 24.6 Å². The molecule has 0 saturated heterocycles. The molecule has 2 rings (SSSR count). The number of hydrogen-bond donors (Lipinski definition) is 0. The summed E-state index contributed by atoms with van der Waals surface area (Å²) in [5.74, 6) is 0. The van der Waals surface area contributed by atoms with E-state index in [1.807, 2.05) is 61.5 Å². The summed E-state index contributed by atoms with van der Waals surface area (Å²) in [5, 5.41) is 0.532. The molecule has 0 heterocycles. The smallest absolute Gasteiger partial charge is 0.137 e. The Hall–Kier alpha value is -1.60. The summed E-state index contributed by atoms with van der Waals surface area (Å²) in [6.45, 7) is 2.03. The summed E-state index contributed by atoms with van der Waals surface area (Å²) in [6.07, 6.45) is 0. The van der Waals surface area contributed by atoms with E-state index in [1.165, 1.54) is 0 Å². The molecule has 0 unspecified atom stereocenters. The van der Waals surface area contributed by atoms with Crippen molar-refractivity contribution in [1.82, 2.24) is 0 Å². The quantitative estimate of drug-likeness (QED) is 0.681. The van der Waals surface area contributed by atoms with Gasteiger partial charge >= 0.3 is 0 Å². The van der Waals surface area contributed by atoms with Crippen LogP contribution in [-0.4, -0.2) is 5.17 Å². The van der Waals surface area contributed by atoms with Gasteiger partial charge in [-0.1, -0.05) is 54.1 Å². The average molecular weight is 230 g/mol. The van der Waals surface area contributed by atoms with Crippen molar-refractivity contribution in [2.75, 3.05) is 0 Å². The molecule has 0 spiro atoms. The summed E-state index contributed by atoms with van der Waals surface area (Å²) in [5.41, 5.74) is 2.98. The Labute approximate surface area is 100 Å². The van der Waals surface area contributed by atoms with Crippen molar-refractivity contribution in [3.63, 3.8) is 0 Å². The minimum Gasteiger partial charge on any atom is -0.236 e. The number of nitrogens with zero attached hydrogens (tertiary/aromatic N) is 1. The maximum absolute atomic E-state index is 6.20. The molecular formula is C14H12ClN. The lowest BCUT2D eigenvalue weighted by molar-refractivity contribution is 1.43. The molecule has 0 amide bonds. The first-order valence-corrected chi connectivity index (χ1v) is 5.50. The molecule has 0 aromatic heterocycles. The van der Waals surface area contributed by atoms with Gasteiger partial charge in [-0.3, -0.25) is 0 Å². The predicted molar refractivity (Wildman–Crippen MR) is 69.7 cm³/mol. The van der Waals surface area contributed by atoms with Gasteiger partial charge in [-0.15, -0.1) is 0 Å². The topological polar surface area (TPSA) is 12.4 Å². The molecular weight excluding hydrogens is 218 g/mol. The highest BCUT2D eigenvalue weighted by Gasteiger charge is 2.02. The molecule has 0 radical (unpaired) electrons. The van der Waals surface area contributed by atoms with Gasteiger partial charge in [0.1, 0.15) is 5.17 Å². The standard InChI is InChI=1S/C14H12ClN/c1-11-7-5-6-10-13(11)14(15)16-12-8-3-2-4-9-12/h2-10H,1H3/b16-14-. The summed E-state index contributed by atoms with van der Waals surface area (Å²) in [4.78, 5) is 4.37. The fourth-order valence-electron chi connectivity index (χ4n) is 1.48. The first-order chi connectivity index (χ1) is 7.77. The zero-order valence-corrected chi connectivity index (χ0v) is 9.78. The molecule has 1 nitrogen and oxygen atoms in total. The third kappa shape index (κ3) is 2.50. The SMILES string of the molecule is Cc1ccccc1/C(Cl)=N/c1ccccc1. The van der Waals surface area contributed by atoms with Crippen LogP contribution < -0.4 is 0 Å². The molecule has 0 aliphatic heterocycles. The third-order valence-corrected chi connectivity index (χ3v) is 2.64. The second kappa shape index (κ2) is 4.95. The van der Waals surface area contributed by atoms with E-state index in [4.69, 9.17) is 11.6 Å². The number of benzene rings is 2. The van der Waals surface area contributed by atoms with E-state index in [0.29, 0.717) is 5.17 Å². The maximum atomic E-state index is 6.20. The molecule has 16 heavy (non-hydrogen) atoms. The molecule has 0 saturated carbocycles. The van der Waals surface area contributed by atoms with E-state index in [9.17, 15) is 0 Å². The number of aryl methyl sites for hydroxylation is 1. The van der Waals surface area contributed by atoms with Crippen LogP contribution in [0.4, 0.5) is 5.69 Å². The molecule has 2 aromatic rings. The van der Waals surface area contributed by atoms with E-state index >= 15 is 0 Å². The van der Waals surface area contributed by atoms with Crippen LogP contribution in [0.3, 0.4) is 0 Å². The average Bonchev–Trinajstić information content (AvgIpc) is 2.31. The third-order valence-electron chi connectivity index (χ3n) is 2.35. The van der Waals surface area contributed by atoms with E-state index in [2.05, 4.69) is 4.99 Å². The first kappa shape index (κ1) is 10.9.